The first-order valence-electron chi connectivity index (χ1n) is 4.45. The van der Waals surface area contributed by atoms with Crippen molar-refractivity contribution in [3.05, 3.63) is 44.0 Å². The molecule has 0 saturated carbocycles. The molecule has 0 bridgehead atoms. The van der Waals surface area contributed by atoms with E-state index >= 15 is 0 Å². The predicted octanol–water partition coefficient (Wildman–Crippen LogP) is 1.31. The van der Waals surface area contributed by atoms with Gasteiger partial charge in [-0.05, 0) is 18.4 Å². The molecule has 0 unspecified atom stereocenters. The Morgan fingerprint density at radius 1 is 1.53 bits per heavy atom. The van der Waals surface area contributed by atoms with Gasteiger partial charge in [0.15, 0.2) is 0 Å². The first kappa shape index (κ1) is 9.92. The average Bonchev–Trinajstić information content (AvgIpc) is 2.76. The molecule has 0 amide bonds. The SMILES string of the molecule is Cc1[nH]n(C)c(=O)c1C(=O)c1cccs1. The Hall–Kier alpha value is -1.62. The normalized spacial score (nSPS) is 10.5. The van der Waals surface area contributed by atoms with Gasteiger partial charge < -0.3 is 0 Å². The van der Waals surface area contributed by atoms with Crippen LogP contribution in [0.1, 0.15) is 20.9 Å². The molecule has 2 rings (SSSR count). The largest absolute Gasteiger partial charge is 0.299 e. The van der Waals surface area contributed by atoms with E-state index in [9.17, 15) is 9.59 Å². The number of hydrogen-bond acceptors (Lipinski definition) is 3. The van der Waals surface area contributed by atoms with E-state index < -0.39 is 0 Å². The lowest BCUT2D eigenvalue weighted by molar-refractivity contribution is 0.104. The van der Waals surface area contributed by atoms with Gasteiger partial charge in [-0.25, -0.2) is 0 Å². The summed E-state index contributed by atoms with van der Waals surface area (Å²) in [5, 5.41) is 4.63. The Bertz CT molecular complexity index is 548. The third-order valence-electron chi connectivity index (χ3n) is 2.20. The van der Waals surface area contributed by atoms with Gasteiger partial charge in [0.1, 0.15) is 5.56 Å². The maximum absolute atomic E-state index is 11.9. The van der Waals surface area contributed by atoms with Crippen LogP contribution in [0.5, 0.6) is 0 Å². The number of aryl methyl sites for hydroxylation is 2. The molecular formula is C10H10N2O2S. The van der Waals surface area contributed by atoms with Gasteiger partial charge in [0, 0.05) is 12.7 Å². The maximum atomic E-state index is 11.9. The van der Waals surface area contributed by atoms with Crippen LogP contribution in [0, 0.1) is 6.92 Å². The highest BCUT2D eigenvalue weighted by atomic mass is 32.1. The Labute approximate surface area is 90.2 Å². The Balaban J connectivity index is 2.56. The molecule has 2 heterocycles. The quantitative estimate of drug-likeness (QED) is 0.779. The predicted molar refractivity (Wildman–Crippen MR) is 58.5 cm³/mol. The number of aromatic amines is 1. The summed E-state index contributed by atoms with van der Waals surface area (Å²) in [7, 11) is 1.60. The van der Waals surface area contributed by atoms with Crippen molar-refractivity contribution >= 4 is 17.1 Å². The van der Waals surface area contributed by atoms with Crippen LogP contribution in [-0.2, 0) is 7.05 Å². The number of rotatable bonds is 2. The van der Waals surface area contributed by atoms with Crippen molar-refractivity contribution in [3.63, 3.8) is 0 Å². The van der Waals surface area contributed by atoms with Gasteiger partial charge in [-0.3, -0.25) is 19.4 Å². The number of nitrogens with zero attached hydrogens (tertiary/aromatic N) is 1. The first-order valence-corrected chi connectivity index (χ1v) is 5.33. The highest BCUT2D eigenvalue weighted by Gasteiger charge is 2.19. The van der Waals surface area contributed by atoms with Crippen LogP contribution in [0.25, 0.3) is 0 Å². The molecule has 2 aromatic heterocycles. The summed E-state index contributed by atoms with van der Waals surface area (Å²) in [6, 6.07) is 3.52. The fourth-order valence-corrected chi connectivity index (χ4v) is 2.15. The second-order valence-corrected chi connectivity index (χ2v) is 4.23. The summed E-state index contributed by atoms with van der Waals surface area (Å²) in [5.74, 6) is -0.204. The molecule has 5 heteroatoms. The molecule has 2 aromatic rings. The summed E-state index contributed by atoms with van der Waals surface area (Å²) in [6.07, 6.45) is 0. The minimum Gasteiger partial charge on any atom is -0.299 e. The molecule has 0 aliphatic carbocycles. The number of H-pyrrole nitrogens is 1. The molecule has 0 spiro atoms. The van der Waals surface area contributed by atoms with E-state index in [0.717, 1.165) is 0 Å². The number of aromatic nitrogens is 2. The standard InChI is InChI=1S/C10H10N2O2S/c1-6-8(10(14)12(2)11-6)9(13)7-4-3-5-15-7/h3-5,11H,1-2H3. The van der Waals surface area contributed by atoms with Crippen molar-refractivity contribution in [2.24, 2.45) is 7.05 Å². The number of thiophene rings is 1. The van der Waals surface area contributed by atoms with Gasteiger partial charge in [-0.2, -0.15) is 0 Å². The summed E-state index contributed by atoms with van der Waals surface area (Å²) in [4.78, 5) is 24.2. The Morgan fingerprint density at radius 3 is 2.73 bits per heavy atom. The molecule has 0 saturated heterocycles. The van der Waals surface area contributed by atoms with Crippen molar-refractivity contribution < 1.29 is 4.79 Å². The van der Waals surface area contributed by atoms with Crippen LogP contribution in [0.4, 0.5) is 0 Å². The van der Waals surface area contributed by atoms with Gasteiger partial charge in [-0.1, -0.05) is 6.07 Å². The molecule has 4 nitrogen and oxygen atoms in total. The molecule has 15 heavy (non-hydrogen) atoms. The maximum Gasteiger partial charge on any atom is 0.277 e. The fourth-order valence-electron chi connectivity index (χ4n) is 1.48. The molecule has 0 aromatic carbocycles. The number of ketones is 1. The minimum absolute atomic E-state index is 0.204. The lowest BCUT2D eigenvalue weighted by atomic mass is 10.1. The van der Waals surface area contributed by atoms with Gasteiger partial charge in [0.2, 0.25) is 5.78 Å². The van der Waals surface area contributed by atoms with Crippen molar-refractivity contribution in [1.82, 2.24) is 9.78 Å². The van der Waals surface area contributed by atoms with Crippen LogP contribution >= 0.6 is 11.3 Å². The van der Waals surface area contributed by atoms with Crippen LogP contribution in [0.15, 0.2) is 22.3 Å². The average molecular weight is 222 g/mol. The zero-order valence-corrected chi connectivity index (χ0v) is 9.22. The molecule has 0 aliphatic rings. The van der Waals surface area contributed by atoms with E-state index in [1.807, 2.05) is 5.38 Å². The second-order valence-electron chi connectivity index (χ2n) is 3.28. The lowest BCUT2D eigenvalue weighted by Gasteiger charge is -1.92. The Kier molecular flexibility index (Phi) is 2.32. The van der Waals surface area contributed by atoms with Gasteiger partial charge in [-0.15, -0.1) is 11.3 Å². The number of hydrogen-bond donors (Lipinski definition) is 1. The van der Waals surface area contributed by atoms with Gasteiger partial charge in [0.05, 0.1) is 4.88 Å². The third kappa shape index (κ3) is 1.55. The first-order chi connectivity index (χ1) is 7.11. The monoisotopic (exact) mass is 222 g/mol. The summed E-state index contributed by atoms with van der Waals surface area (Å²) < 4.78 is 1.32. The molecule has 0 atom stereocenters. The molecule has 1 N–H and O–H groups in total. The summed E-state index contributed by atoms with van der Waals surface area (Å²) in [6.45, 7) is 1.72. The zero-order valence-electron chi connectivity index (χ0n) is 8.40. The number of nitrogens with one attached hydrogen (secondary N) is 1. The second kappa shape index (κ2) is 3.51. The minimum atomic E-state index is -0.272. The molecule has 0 fully saturated rings. The van der Waals surface area contributed by atoms with Crippen molar-refractivity contribution in [1.29, 1.82) is 0 Å². The van der Waals surface area contributed by atoms with Crippen molar-refractivity contribution in [3.8, 4) is 0 Å². The highest BCUT2D eigenvalue weighted by molar-refractivity contribution is 7.12. The van der Waals surface area contributed by atoms with Crippen LogP contribution in [0.2, 0.25) is 0 Å². The van der Waals surface area contributed by atoms with E-state index in [1.165, 1.54) is 16.0 Å². The Morgan fingerprint density at radius 2 is 2.27 bits per heavy atom. The van der Waals surface area contributed by atoms with E-state index in [1.54, 1.807) is 26.1 Å². The number of carbonyl (C=O) groups is 1. The molecular weight excluding hydrogens is 212 g/mol. The molecule has 78 valence electrons. The van der Waals surface area contributed by atoms with Gasteiger partial charge in [0.25, 0.3) is 5.56 Å². The summed E-state index contributed by atoms with van der Waals surface area (Å²) in [5.41, 5.74) is 0.576. The highest BCUT2D eigenvalue weighted by Crippen LogP contribution is 2.14. The zero-order chi connectivity index (χ0) is 11.0. The van der Waals surface area contributed by atoms with Gasteiger partial charge >= 0.3 is 0 Å². The fraction of sp³-hybridized carbons (Fsp3) is 0.200. The van der Waals surface area contributed by atoms with Crippen LogP contribution in [0.3, 0.4) is 0 Å². The van der Waals surface area contributed by atoms with E-state index in [4.69, 9.17) is 0 Å². The van der Waals surface area contributed by atoms with E-state index in [-0.39, 0.29) is 16.9 Å². The van der Waals surface area contributed by atoms with Crippen molar-refractivity contribution in [2.75, 3.05) is 0 Å². The topological polar surface area (TPSA) is 54.9 Å². The van der Waals surface area contributed by atoms with Crippen LogP contribution in [-0.4, -0.2) is 15.6 Å². The molecule has 0 aliphatic heterocycles. The smallest absolute Gasteiger partial charge is 0.277 e. The van der Waals surface area contributed by atoms with Crippen molar-refractivity contribution in [2.45, 2.75) is 6.92 Å². The lowest BCUT2D eigenvalue weighted by Crippen LogP contribution is -2.19. The van der Waals surface area contributed by atoms with E-state index in [2.05, 4.69) is 5.10 Å². The summed E-state index contributed by atoms with van der Waals surface area (Å²) >= 11 is 1.34. The van der Waals surface area contributed by atoms with Crippen LogP contribution < -0.4 is 5.56 Å². The number of carbonyl (C=O) groups excluding carboxylic acids is 1. The molecule has 0 radical (unpaired) electrons. The van der Waals surface area contributed by atoms with E-state index in [0.29, 0.717) is 10.6 Å². The third-order valence-corrected chi connectivity index (χ3v) is 3.07.